The van der Waals surface area contributed by atoms with Crippen LogP contribution in [0.15, 0.2) is 0 Å². The van der Waals surface area contributed by atoms with Gasteiger partial charge in [-0.15, -0.1) is 0 Å². The normalized spacial score (nSPS) is 5.40. The number of nitrogens with one attached hydrogen (secondary N) is 3. The molecule has 0 atom stereocenters. The van der Waals surface area contributed by atoms with E-state index in [1.54, 1.807) is 0 Å². The van der Waals surface area contributed by atoms with Crippen LogP contribution in [0, 0.1) is 0 Å². The van der Waals surface area contributed by atoms with Gasteiger partial charge in [-0.1, -0.05) is 0 Å². The molecule has 0 saturated heterocycles. The van der Waals surface area contributed by atoms with Crippen molar-refractivity contribution in [2.75, 3.05) is 42.3 Å². The summed E-state index contributed by atoms with van der Waals surface area (Å²) in [6.07, 6.45) is 0. The first-order valence-corrected chi connectivity index (χ1v) is 3.00. The Hall–Kier alpha value is 0.568. The van der Waals surface area contributed by atoms with E-state index >= 15 is 0 Å². The average Bonchev–Trinajstić information content (AvgIpc) is 1.70. The van der Waals surface area contributed by atoms with E-state index in [1.165, 1.54) is 0 Å². The summed E-state index contributed by atoms with van der Waals surface area (Å²) in [7, 11) is 11.2. The van der Waals surface area contributed by atoms with E-state index in [2.05, 4.69) is 16.0 Å². The maximum atomic E-state index is 2.75. The van der Waals surface area contributed by atoms with E-state index in [0.29, 0.717) is 0 Å². The molecule has 10 heavy (non-hydrogen) atoms. The Balaban J connectivity index is -0.0000000257. The van der Waals surface area contributed by atoms with Crippen LogP contribution in [-0.2, 0) is 21.1 Å². The molecule has 0 unspecified atom stereocenters. The molecule has 0 aliphatic rings. The van der Waals surface area contributed by atoms with Crippen LogP contribution in [-0.4, -0.2) is 42.3 Å². The summed E-state index contributed by atoms with van der Waals surface area (Å²) in [5, 5.41) is 8.25. The second kappa shape index (κ2) is 55.2. The fourth-order valence-electron chi connectivity index (χ4n) is 0. The molecule has 0 saturated carbocycles. The van der Waals surface area contributed by atoms with Gasteiger partial charge in [0.1, 0.15) is 0 Å². The average molecular weight is 231 g/mol. The van der Waals surface area contributed by atoms with Crippen LogP contribution >= 0.6 is 0 Å². The largest absolute Gasteiger partial charge is 0.323 e. The van der Waals surface area contributed by atoms with Crippen molar-refractivity contribution in [1.29, 1.82) is 0 Å². The van der Waals surface area contributed by atoms with Gasteiger partial charge in [0.25, 0.3) is 0 Å². The van der Waals surface area contributed by atoms with Gasteiger partial charge in [-0.25, -0.2) is 0 Å². The van der Waals surface area contributed by atoms with E-state index in [1.807, 2.05) is 42.3 Å². The van der Waals surface area contributed by atoms with Crippen molar-refractivity contribution in [3.63, 3.8) is 0 Å². The number of hydrogen-bond acceptors (Lipinski definition) is 3. The van der Waals surface area contributed by atoms with E-state index < -0.39 is 0 Å². The Kier molecular flexibility index (Phi) is 124. The first-order valence-electron chi connectivity index (χ1n) is 3.00. The zero-order valence-corrected chi connectivity index (χ0v) is 9.92. The van der Waals surface area contributed by atoms with Crippen molar-refractivity contribution in [2.24, 2.45) is 0 Å². The number of hydrogen-bond donors (Lipinski definition) is 3. The second-order valence-electron chi connectivity index (χ2n) is 1.50. The summed E-state index contributed by atoms with van der Waals surface area (Å²) in [6.45, 7) is 0. The molecule has 0 fully saturated rings. The Labute approximate surface area is 79.6 Å². The topological polar surface area (TPSA) is 36.1 Å². The van der Waals surface area contributed by atoms with Crippen molar-refractivity contribution in [3.8, 4) is 0 Å². The van der Waals surface area contributed by atoms with Crippen LogP contribution in [0.4, 0.5) is 0 Å². The Bertz CT molecular complexity index is 17.7. The fraction of sp³-hybridized carbons (Fsp3) is 1.00. The maximum absolute atomic E-state index is 2.75. The minimum Gasteiger partial charge on any atom is -0.323 e. The van der Waals surface area contributed by atoms with Gasteiger partial charge in [0.2, 0.25) is 0 Å². The molecule has 0 amide bonds. The molecule has 4 heteroatoms. The summed E-state index contributed by atoms with van der Waals surface area (Å²) in [5.41, 5.74) is 0. The van der Waals surface area contributed by atoms with Crippen LogP contribution in [0.5, 0.6) is 0 Å². The van der Waals surface area contributed by atoms with Crippen molar-refractivity contribution >= 4 is 0 Å². The smallest absolute Gasteiger partial charge is 0 e. The van der Waals surface area contributed by atoms with Gasteiger partial charge in [-0.05, 0) is 42.3 Å². The van der Waals surface area contributed by atoms with Crippen LogP contribution in [0.25, 0.3) is 0 Å². The van der Waals surface area contributed by atoms with E-state index in [4.69, 9.17) is 0 Å². The first-order chi connectivity index (χ1) is 4.24. The summed E-state index contributed by atoms with van der Waals surface area (Å²) in [6, 6.07) is 0. The minimum atomic E-state index is 0. The SMILES string of the molecule is CNC.CNC.CNC.[Mo]. The van der Waals surface area contributed by atoms with Gasteiger partial charge in [0.15, 0.2) is 0 Å². The molecule has 0 aromatic heterocycles. The van der Waals surface area contributed by atoms with Crippen LogP contribution in [0.3, 0.4) is 0 Å². The van der Waals surface area contributed by atoms with Crippen molar-refractivity contribution in [1.82, 2.24) is 16.0 Å². The molecule has 0 rings (SSSR count). The van der Waals surface area contributed by atoms with Crippen molar-refractivity contribution < 1.29 is 21.1 Å². The molecule has 0 aliphatic carbocycles. The third-order valence-electron chi connectivity index (χ3n) is 0. The Morgan fingerprint density at radius 1 is 0.500 bits per heavy atom. The van der Waals surface area contributed by atoms with Crippen LogP contribution in [0.2, 0.25) is 0 Å². The van der Waals surface area contributed by atoms with Gasteiger partial charge in [0, 0.05) is 21.1 Å². The second-order valence-corrected chi connectivity index (χ2v) is 1.50. The predicted molar refractivity (Wildman–Crippen MR) is 45.0 cm³/mol. The zero-order chi connectivity index (χ0) is 8.12. The molecular weight excluding hydrogens is 210 g/mol. The van der Waals surface area contributed by atoms with Gasteiger partial charge in [-0.3, -0.25) is 0 Å². The zero-order valence-electron chi connectivity index (χ0n) is 7.91. The number of rotatable bonds is 0. The molecule has 0 radical (unpaired) electrons. The summed E-state index contributed by atoms with van der Waals surface area (Å²) in [4.78, 5) is 0. The predicted octanol–water partition coefficient (Wildman–Crippen LogP) is -0.496. The molecule has 3 N–H and O–H groups in total. The fourth-order valence-corrected chi connectivity index (χ4v) is 0. The van der Waals surface area contributed by atoms with Crippen molar-refractivity contribution in [2.45, 2.75) is 0 Å². The van der Waals surface area contributed by atoms with E-state index in [0.717, 1.165) is 0 Å². The van der Waals surface area contributed by atoms with Gasteiger partial charge in [0.05, 0.1) is 0 Å². The molecule has 0 aromatic carbocycles. The van der Waals surface area contributed by atoms with E-state index in [-0.39, 0.29) is 21.1 Å². The quantitative estimate of drug-likeness (QED) is 0.492. The Morgan fingerprint density at radius 2 is 0.500 bits per heavy atom. The van der Waals surface area contributed by atoms with Crippen molar-refractivity contribution in [3.05, 3.63) is 0 Å². The van der Waals surface area contributed by atoms with Crippen LogP contribution < -0.4 is 16.0 Å². The summed E-state index contributed by atoms with van der Waals surface area (Å²) < 4.78 is 0. The molecule has 0 aliphatic heterocycles. The van der Waals surface area contributed by atoms with Gasteiger partial charge < -0.3 is 16.0 Å². The maximum Gasteiger partial charge on any atom is 0 e. The summed E-state index contributed by atoms with van der Waals surface area (Å²) >= 11 is 0. The van der Waals surface area contributed by atoms with Crippen LogP contribution in [0.1, 0.15) is 0 Å². The first kappa shape index (κ1) is 22.4. The molecule has 0 heterocycles. The van der Waals surface area contributed by atoms with Gasteiger partial charge in [-0.2, -0.15) is 0 Å². The van der Waals surface area contributed by atoms with E-state index in [9.17, 15) is 0 Å². The molecule has 0 aromatic rings. The minimum absolute atomic E-state index is 0. The van der Waals surface area contributed by atoms with Gasteiger partial charge >= 0.3 is 0 Å². The molecular formula is C6H21MoN3. The molecule has 3 nitrogen and oxygen atoms in total. The molecule has 66 valence electrons. The molecule has 0 spiro atoms. The standard InChI is InChI=1S/3C2H7N.Mo/c3*1-3-2;/h3*3H,1-2H3;. The monoisotopic (exact) mass is 233 g/mol. The third-order valence-corrected chi connectivity index (χ3v) is 0. The summed E-state index contributed by atoms with van der Waals surface area (Å²) in [5.74, 6) is 0. The molecule has 0 bridgehead atoms. The Morgan fingerprint density at radius 3 is 0.500 bits per heavy atom. The third kappa shape index (κ3) is 1520.